The van der Waals surface area contributed by atoms with Crippen molar-refractivity contribution in [1.29, 1.82) is 0 Å². The first-order valence-electron chi connectivity index (χ1n) is 10.2. The van der Waals surface area contributed by atoms with E-state index in [-0.39, 0.29) is 17.4 Å². The number of hydrogen-bond acceptors (Lipinski definition) is 3. The van der Waals surface area contributed by atoms with E-state index in [0.29, 0.717) is 44.0 Å². The third-order valence-electron chi connectivity index (χ3n) is 5.86. The van der Waals surface area contributed by atoms with E-state index >= 15 is 0 Å². The first-order valence-corrected chi connectivity index (χ1v) is 10.2. The molecule has 2 heterocycles. The Kier molecular flexibility index (Phi) is 5.37. The average Bonchev–Trinajstić information content (AvgIpc) is 3.11. The number of carbonyl (C=O) groups is 2. The zero-order valence-electron chi connectivity index (χ0n) is 16.8. The Bertz CT molecular complexity index is 940. The van der Waals surface area contributed by atoms with Crippen LogP contribution in [0.15, 0.2) is 36.4 Å². The summed E-state index contributed by atoms with van der Waals surface area (Å²) in [4.78, 5) is 27.2. The molecule has 2 N–H and O–H groups in total. The Morgan fingerprint density at radius 3 is 2.69 bits per heavy atom. The fourth-order valence-corrected chi connectivity index (χ4v) is 4.07. The molecule has 2 aromatic rings. The van der Waals surface area contributed by atoms with Gasteiger partial charge in [-0.1, -0.05) is 32.0 Å². The van der Waals surface area contributed by atoms with Gasteiger partial charge >= 0.3 is 0 Å². The van der Waals surface area contributed by atoms with Crippen molar-refractivity contribution >= 4 is 23.2 Å². The minimum Gasteiger partial charge on any atom is -0.323 e. The molecule has 2 amide bonds. The molecule has 1 atom stereocenters. The van der Waals surface area contributed by atoms with Crippen LogP contribution in [0.4, 0.5) is 15.8 Å². The highest BCUT2D eigenvalue weighted by molar-refractivity contribution is 6.13. The van der Waals surface area contributed by atoms with Crippen LogP contribution in [0.3, 0.4) is 0 Å². The first-order chi connectivity index (χ1) is 14.0. The van der Waals surface area contributed by atoms with Crippen molar-refractivity contribution in [2.45, 2.75) is 39.2 Å². The smallest absolute Gasteiger partial charge is 0.239 e. The summed E-state index contributed by atoms with van der Waals surface area (Å²) in [5.41, 5.74) is 3.71. The minimum absolute atomic E-state index is 0.156. The maximum absolute atomic E-state index is 14.8. The third kappa shape index (κ3) is 3.77. The van der Waals surface area contributed by atoms with E-state index in [1.165, 1.54) is 5.56 Å². The second-order valence-corrected chi connectivity index (χ2v) is 8.06. The number of amides is 2. The number of nitrogens with zero attached hydrogens (tertiary/aromatic N) is 1. The molecule has 1 fully saturated rings. The van der Waals surface area contributed by atoms with Gasteiger partial charge in [-0.2, -0.15) is 0 Å². The van der Waals surface area contributed by atoms with Gasteiger partial charge in [-0.3, -0.25) is 9.59 Å². The van der Waals surface area contributed by atoms with Gasteiger partial charge in [-0.05, 0) is 60.2 Å². The number of rotatable bonds is 4. The Labute approximate surface area is 170 Å². The normalized spacial score (nSPS) is 18.8. The number of anilines is 2. The summed E-state index contributed by atoms with van der Waals surface area (Å²) in [6.07, 6.45) is 1.01. The highest BCUT2D eigenvalue weighted by Gasteiger charge is 2.38. The maximum atomic E-state index is 14.8. The van der Waals surface area contributed by atoms with Crippen LogP contribution in [-0.2, 0) is 22.6 Å². The molecule has 1 saturated heterocycles. The van der Waals surface area contributed by atoms with Crippen LogP contribution in [0.5, 0.6) is 0 Å². The molecular weight excluding hydrogens is 369 g/mol. The van der Waals surface area contributed by atoms with Crippen molar-refractivity contribution in [1.82, 2.24) is 5.32 Å². The van der Waals surface area contributed by atoms with Gasteiger partial charge in [0.15, 0.2) is 0 Å². The van der Waals surface area contributed by atoms with E-state index in [9.17, 15) is 14.0 Å². The van der Waals surface area contributed by atoms with E-state index in [1.807, 2.05) is 30.3 Å². The number of fused-ring (bicyclic) bond motifs is 1. The van der Waals surface area contributed by atoms with Gasteiger partial charge in [0.25, 0.3) is 0 Å². The SMILES string of the molecule is CC(C)c1ccc(N2CCC(C(=O)Nc3ccc4c(c3F)CCNC4)C2=O)cc1. The number of halogens is 1. The molecule has 2 aliphatic rings. The van der Waals surface area contributed by atoms with Gasteiger partial charge < -0.3 is 15.5 Å². The molecule has 0 saturated carbocycles. The molecule has 1 unspecified atom stereocenters. The second kappa shape index (κ2) is 7.95. The lowest BCUT2D eigenvalue weighted by molar-refractivity contribution is -0.129. The number of hydrogen-bond donors (Lipinski definition) is 2. The fourth-order valence-electron chi connectivity index (χ4n) is 4.07. The van der Waals surface area contributed by atoms with Crippen molar-refractivity contribution in [2.24, 2.45) is 5.92 Å². The van der Waals surface area contributed by atoms with E-state index in [2.05, 4.69) is 24.5 Å². The zero-order valence-corrected chi connectivity index (χ0v) is 16.8. The molecule has 0 bridgehead atoms. The zero-order chi connectivity index (χ0) is 20.5. The van der Waals surface area contributed by atoms with Gasteiger partial charge in [0.1, 0.15) is 11.7 Å². The summed E-state index contributed by atoms with van der Waals surface area (Å²) < 4.78 is 14.8. The Morgan fingerprint density at radius 2 is 1.97 bits per heavy atom. The van der Waals surface area contributed by atoms with Gasteiger partial charge in [-0.15, -0.1) is 0 Å². The molecule has 0 radical (unpaired) electrons. The maximum Gasteiger partial charge on any atom is 0.239 e. The summed E-state index contributed by atoms with van der Waals surface area (Å²) in [7, 11) is 0. The van der Waals surface area contributed by atoms with E-state index < -0.39 is 11.8 Å². The van der Waals surface area contributed by atoms with Crippen molar-refractivity contribution in [2.75, 3.05) is 23.3 Å². The van der Waals surface area contributed by atoms with Gasteiger partial charge in [0.05, 0.1) is 5.69 Å². The summed E-state index contributed by atoms with van der Waals surface area (Å²) in [6, 6.07) is 11.3. The fraction of sp³-hybridized carbons (Fsp3) is 0.391. The van der Waals surface area contributed by atoms with Crippen molar-refractivity contribution < 1.29 is 14.0 Å². The number of benzene rings is 2. The summed E-state index contributed by atoms with van der Waals surface area (Å²) in [5.74, 6) is -1.44. The van der Waals surface area contributed by atoms with E-state index in [4.69, 9.17) is 0 Å². The molecule has 0 aromatic heterocycles. The van der Waals surface area contributed by atoms with Crippen LogP contribution in [0.25, 0.3) is 0 Å². The molecule has 2 aliphatic heterocycles. The summed E-state index contributed by atoms with van der Waals surface area (Å²) >= 11 is 0. The predicted octanol–water partition coefficient (Wildman–Crippen LogP) is 3.59. The molecule has 0 aliphatic carbocycles. The van der Waals surface area contributed by atoms with Gasteiger partial charge in [-0.25, -0.2) is 4.39 Å². The summed E-state index contributed by atoms with van der Waals surface area (Å²) in [6.45, 7) is 6.06. The average molecular weight is 395 g/mol. The Balaban J connectivity index is 1.47. The largest absolute Gasteiger partial charge is 0.323 e. The van der Waals surface area contributed by atoms with E-state index in [1.54, 1.807) is 11.0 Å². The molecule has 6 heteroatoms. The third-order valence-corrected chi connectivity index (χ3v) is 5.86. The summed E-state index contributed by atoms with van der Waals surface area (Å²) in [5, 5.41) is 5.85. The lowest BCUT2D eigenvalue weighted by Crippen LogP contribution is -2.33. The highest BCUT2D eigenvalue weighted by Crippen LogP contribution is 2.29. The molecular formula is C23H26FN3O2. The topological polar surface area (TPSA) is 61.4 Å². The monoisotopic (exact) mass is 395 g/mol. The predicted molar refractivity (Wildman–Crippen MR) is 111 cm³/mol. The van der Waals surface area contributed by atoms with Crippen molar-refractivity contribution in [3.8, 4) is 0 Å². The van der Waals surface area contributed by atoms with Crippen molar-refractivity contribution in [3.05, 3.63) is 58.9 Å². The lowest BCUT2D eigenvalue weighted by atomic mass is 9.99. The molecule has 5 nitrogen and oxygen atoms in total. The molecule has 29 heavy (non-hydrogen) atoms. The Hall–Kier alpha value is -2.73. The van der Waals surface area contributed by atoms with E-state index in [0.717, 1.165) is 11.3 Å². The second-order valence-electron chi connectivity index (χ2n) is 8.06. The number of carbonyl (C=O) groups excluding carboxylic acids is 2. The van der Waals surface area contributed by atoms with Crippen LogP contribution < -0.4 is 15.5 Å². The molecule has 0 spiro atoms. The minimum atomic E-state index is -0.795. The quantitative estimate of drug-likeness (QED) is 0.778. The van der Waals surface area contributed by atoms with Crippen molar-refractivity contribution in [3.63, 3.8) is 0 Å². The number of nitrogens with one attached hydrogen (secondary N) is 2. The van der Waals surface area contributed by atoms with Crippen LogP contribution in [0, 0.1) is 11.7 Å². The molecule has 2 aromatic carbocycles. The van der Waals surface area contributed by atoms with Gasteiger partial charge in [0, 0.05) is 18.8 Å². The van der Waals surface area contributed by atoms with Gasteiger partial charge in [0.2, 0.25) is 11.8 Å². The van der Waals surface area contributed by atoms with Crippen LogP contribution in [0.2, 0.25) is 0 Å². The van der Waals surface area contributed by atoms with Crippen LogP contribution in [-0.4, -0.2) is 24.9 Å². The van der Waals surface area contributed by atoms with Crippen LogP contribution in [0.1, 0.15) is 42.9 Å². The van der Waals surface area contributed by atoms with Crippen LogP contribution >= 0.6 is 0 Å². The standard InChI is InChI=1S/C23H26FN3O2/c1-14(2)15-3-6-17(7-4-15)27-12-10-19(23(27)29)22(28)26-20-8-5-16-13-25-11-9-18(16)21(20)24/h3-8,14,19,25H,9-13H2,1-2H3,(H,26,28). The highest BCUT2D eigenvalue weighted by atomic mass is 19.1. The molecule has 4 rings (SSSR count). The first kappa shape index (κ1) is 19.6. The lowest BCUT2D eigenvalue weighted by Gasteiger charge is -2.20. The molecule has 152 valence electrons. The Morgan fingerprint density at radius 1 is 1.21 bits per heavy atom.